The number of carbonyl (C=O) groups is 1. The molecule has 1 heterocycles. The van der Waals surface area contributed by atoms with Gasteiger partial charge in [0.25, 0.3) is 0 Å². The van der Waals surface area contributed by atoms with Crippen molar-refractivity contribution in [2.75, 3.05) is 7.11 Å². The van der Waals surface area contributed by atoms with E-state index < -0.39 is 12.2 Å². The predicted octanol–water partition coefficient (Wildman–Crippen LogP) is 3.35. The molecule has 0 aromatic heterocycles. The van der Waals surface area contributed by atoms with Crippen LogP contribution in [0.2, 0.25) is 0 Å². The van der Waals surface area contributed by atoms with Crippen LogP contribution < -0.4 is 0 Å². The number of methoxy groups -OCH3 is 1. The minimum atomic E-state index is -0.450. The van der Waals surface area contributed by atoms with E-state index in [0.717, 1.165) is 64.2 Å². The van der Waals surface area contributed by atoms with Crippen LogP contribution in [0.15, 0.2) is 0 Å². The summed E-state index contributed by atoms with van der Waals surface area (Å²) in [5.41, 5.74) is 0. The molecule has 24 heavy (non-hydrogen) atoms. The Morgan fingerprint density at radius 3 is 2.58 bits per heavy atom. The molecule has 0 unspecified atom stereocenters. The summed E-state index contributed by atoms with van der Waals surface area (Å²) in [5.74, 6) is -0.138. The lowest BCUT2D eigenvalue weighted by Crippen LogP contribution is -2.26. The van der Waals surface area contributed by atoms with Crippen molar-refractivity contribution in [1.29, 1.82) is 0 Å². The van der Waals surface area contributed by atoms with Crippen LogP contribution in [0.3, 0.4) is 0 Å². The predicted molar refractivity (Wildman–Crippen MR) is 93.8 cm³/mol. The maximum Gasteiger partial charge on any atom is 0.305 e. The molecule has 0 bridgehead atoms. The van der Waals surface area contributed by atoms with E-state index >= 15 is 0 Å². The number of esters is 1. The Hall–Kier alpha value is -0.650. The summed E-state index contributed by atoms with van der Waals surface area (Å²) in [7, 11) is 1.42. The first-order valence-electron chi connectivity index (χ1n) is 9.66. The molecule has 0 aromatic carbocycles. The average molecular weight is 344 g/mol. The molecule has 0 radical (unpaired) electrons. The molecule has 1 saturated heterocycles. The van der Waals surface area contributed by atoms with E-state index in [1.54, 1.807) is 0 Å². The monoisotopic (exact) mass is 344 g/mol. The fraction of sp³-hybridized carbons (Fsp3) is 0.947. The highest BCUT2D eigenvalue weighted by molar-refractivity contribution is 5.68. The molecule has 0 aliphatic carbocycles. The smallest absolute Gasteiger partial charge is 0.305 e. The highest BCUT2D eigenvalue weighted by Gasteiger charge is 2.36. The zero-order valence-corrected chi connectivity index (χ0v) is 15.4. The van der Waals surface area contributed by atoms with Crippen molar-refractivity contribution in [3.8, 4) is 0 Å². The third kappa shape index (κ3) is 8.45. The number of aliphatic hydroxyl groups is 2. The van der Waals surface area contributed by atoms with E-state index in [2.05, 4.69) is 11.7 Å². The van der Waals surface area contributed by atoms with Gasteiger partial charge in [0.1, 0.15) is 0 Å². The first-order chi connectivity index (χ1) is 11.6. The molecule has 5 nitrogen and oxygen atoms in total. The van der Waals surface area contributed by atoms with Gasteiger partial charge in [-0.25, -0.2) is 0 Å². The lowest BCUT2D eigenvalue weighted by Gasteiger charge is -2.19. The topological polar surface area (TPSA) is 76.0 Å². The summed E-state index contributed by atoms with van der Waals surface area (Å²) in [4.78, 5) is 11.0. The number of ether oxygens (including phenoxy) is 2. The van der Waals surface area contributed by atoms with Gasteiger partial charge in [0, 0.05) is 12.8 Å². The van der Waals surface area contributed by atoms with Crippen molar-refractivity contribution in [2.24, 2.45) is 0 Å². The highest BCUT2D eigenvalue weighted by atomic mass is 16.5. The molecule has 0 spiro atoms. The highest BCUT2D eigenvalue weighted by Crippen LogP contribution is 2.28. The molecular formula is C19H36O5. The fourth-order valence-electron chi connectivity index (χ4n) is 3.31. The minimum Gasteiger partial charge on any atom is -0.469 e. The Morgan fingerprint density at radius 1 is 1.17 bits per heavy atom. The van der Waals surface area contributed by atoms with E-state index in [1.807, 2.05) is 0 Å². The number of unbranched alkanes of at least 4 members (excludes halogenated alkanes) is 6. The van der Waals surface area contributed by atoms with Crippen LogP contribution in [0.25, 0.3) is 0 Å². The second kappa shape index (κ2) is 12.7. The zero-order valence-electron chi connectivity index (χ0n) is 15.4. The summed E-state index contributed by atoms with van der Waals surface area (Å²) in [6.07, 6.45) is 9.79. The molecule has 0 saturated carbocycles. The van der Waals surface area contributed by atoms with Crippen LogP contribution in [0.5, 0.6) is 0 Å². The van der Waals surface area contributed by atoms with Gasteiger partial charge in [-0.15, -0.1) is 0 Å². The normalized spacial score (nSPS) is 24.9. The summed E-state index contributed by atoms with van der Waals surface area (Å²) in [6, 6.07) is 0. The van der Waals surface area contributed by atoms with Gasteiger partial charge >= 0.3 is 5.97 Å². The Kier molecular flexibility index (Phi) is 11.3. The minimum absolute atomic E-state index is 0.133. The van der Waals surface area contributed by atoms with Crippen LogP contribution in [0.1, 0.15) is 84.0 Å². The molecule has 1 aliphatic rings. The molecule has 1 aliphatic heterocycles. The van der Waals surface area contributed by atoms with Crippen molar-refractivity contribution >= 4 is 5.97 Å². The van der Waals surface area contributed by atoms with Gasteiger partial charge in [0.05, 0.1) is 31.5 Å². The summed E-state index contributed by atoms with van der Waals surface area (Å²) < 4.78 is 10.5. The van der Waals surface area contributed by atoms with Crippen molar-refractivity contribution in [3.05, 3.63) is 0 Å². The second-order valence-electron chi connectivity index (χ2n) is 6.96. The van der Waals surface area contributed by atoms with Crippen molar-refractivity contribution in [3.63, 3.8) is 0 Å². The summed E-state index contributed by atoms with van der Waals surface area (Å²) >= 11 is 0. The molecule has 1 rings (SSSR count). The van der Waals surface area contributed by atoms with Crippen LogP contribution >= 0.6 is 0 Å². The zero-order chi connectivity index (χ0) is 17.8. The molecule has 1 fully saturated rings. The van der Waals surface area contributed by atoms with Crippen LogP contribution in [0.4, 0.5) is 0 Å². The van der Waals surface area contributed by atoms with Gasteiger partial charge in [-0.3, -0.25) is 4.79 Å². The van der Waals surface area contributed by atoms with Gasteiger partial charge in [-0.05, 0) is 19.3 Å². The Morgan fingerprint density at radius 2 is 1.88 bits per heavy atom. The fourth-order valence-corrected chi connectivity index (χ4v) is 3.31. The third-order valence-electron chi connectivity index (χ3n) is 4.88. The van der Waals surface area contributed by atoms with Gasteiger partial charge in [-0.1, -0.05) is 51.9 Å². The van der Waals surface area contributed by atoms with Crippen molar-refractivity contribution in [2.45, 2.75) is 108 Å². The van der Waals surface area contributed by atoms with E-state index in [0.29, 0.717) is 12.8 Å². The molecule has 2 N–H and O–H groups in total. The first-order valence-corrected chi connectivity index (χ1v) is 9.66. The number of carbonyl (C=O) groups excluding carboxylic acids is 1. The number of aliphatic hydroxyl groups excluding tert-OH is 2. The van der Waals surface area contributed by atoms with Crippen LogP contribution in [0, 0.1) is 0 Å². The second-order valence-corrected chi connectivity index (χ2v) is 6.96. The van der Waals surface area contributed by atoms with E-state index in [-0.39, 0.29) is 18.2 Å². The Balaban J connectivity index is 2.08. The number of hydrogen-bond donors (Lipinski definition) is 2. The number of hydrogen-bond acceptors (Lipinski definition) is 5. The molecule has 4 atom stereocenters. The summed E-state index contributed by atoms with van der Waals surface area (Å²) in [6.45, 7) is 2.15. The van der Waals surface area contributed by atoms with Gasteiger partial charge in [-0.2, -0.15) is 0 Å². The van der Waals surface area contributed by atoms with E-state index in [9.17, 15) is 15.0 Å². The largest absolute Gasteiger partial charge is 0.469 e. The van der Waals surface area contributed by atoms with Gasteiger partial charge in [0.2, 0.25) is 0 Å². The molecule has 5 heteroatoms. The SMILES string of the molecule is CCCCC[C@H](O)[C@@H]1C[C@H](O)[C@H](CCCCCCCC(=O)OC)O1. The van der Waals surface area contributed by atoms with Crippen molar-refractivity contribution < 1.29 is 24.5 Å². The molecule has 142 valence electrons. The maximum absolute atomic E-state index is 11.0. The molecule has 0 amide bonds. The van der Waals surface area contributed by atoms with Crippen LogP contribution in [-0.2, 0) is 14.3 Å². The molecule has 0 aromatic rings. The van der Waals surface area contributed by atoms with Crippen LogP contribution in [-0.4, -0.2) is 47.7 Å². The lowest BCUT2D eigenvalue weighted by molar-refractivity contribution is -0.140. The van der Waals surface area contributed by atoms with Gasteiger partial charge in [0.15, 0.2) is 0 Å². The Bertz CT molecular complexity index is 334. The third-order valence-corrected chi connectivity index (χ3v) is 4.88. The summed E-state index contributed by atoms with van der Waals surface area (Å²) in [5, 5.41) is 20.3. The lowest BCUT2D eigenvalue weighted by atomic mass is 10.0. The average Bonchev–Trinajstić information content (AvgIpc) is 2.95. The maximum atomic E-state index is 11.0. The van der Waals surface area contributed by atoms with Gasteiger partial charge < -0.3 is 19.7 Å². The quantitative estimate of drug-likeness (QED) is 0.396. The molecular weight excluding hydrogens is 308 g/mol. The van der Waals surface area contributed by atoms with Crippen molar-refractivity contribution in [1.82, 2.24) is 0 Å². The first kappa shape index (κ1) is 21.4. The van der Waals surface area contributed by atoms with E-state index in [4.69, 9.17) is 4.74 Å². The standard InChI is InChI=1S/C19H36O5/c1-3-4-8-11-15(20)18-14-16(21)17(24-18)12-9-6-5-7-10-13-19(22)23-2/h15-18,20-21H,3-14H2,1-2H3/t15-,16-,17-,18-/m0/s1. The Labute approximate surface area is 146 Å². The number of rotatable bonds is 13. The van der Waals surface area contributed by atoms with E-state index in [1.165, 1.54) is 7.11 Å².